The maximum absolute atomic E-state index is 14.9. The quantitative estimate of drug-likeness (QED) is 0.0816. The highest BCUT2D eigenvalue weighted by atomic mass is 16.2. The molecule has 4 amide bonds. The molecule has 0 fully saturated rings. The lowest BCUT2D eigenvalue weighted by molar-refractivity contribution is 0.0839. The molecule has 7 aromatic rings. The Morgan fingerprint density at radius 2 is 0.945 bits per heavy atom. The number of imide groups is 1. The van der Waals surface area contributed by atoms with Crippen molar-refractivity contribution in [1.29, 1.82) is 0 Å². The highest BCUT2D eigenvalue weighted by molar-refractivity contribution is 6.46. The number of benzene rings is 7. The van der Waals surface area contributed by atoms with Gasteiger partial charge in [-0.1, -0.05) is 128 Å². The number of fused-ring (bicyclic) bond motifs is 2. The monoisotopic (exact) mass is 727 g/mol. The molecule has 0 aliphatic carbocycles. The number of primary amides is 2. The molecule has 0 bridgehead atoms. The standard InChI is InChI=1S/C48H45N3O4/c1-21(2)26-15-11-19-28(32(26)23(5)6)35-36-30-17-9-13-25-14-10-18-31(34(25)30)38-39(36)40-43(37(35)29-20-12-16-27(22(3)4)33(29)24(7)8)47(54)51-48(55)44(40)42(46(50)53)41(38)45(49)52/h9-24H,1-8H3,(H2,49,52)(H2,50,53)(H,51,54,55). The maximum atomic E-state index is 14.9. The number of nitrogens with two attached hydrogens (primary N) is 2. The van der Waals surface area contributed by atoms with Gasteiger partial charge in [0.25, 0.3) is 11.8 Å². The SMILES string of the molecule is CC(C)c1cccc(-c2c3c4c(c(C(N)=O)c(C(N)=O)c5c6cccc7cccc(c(c2-c2cccc(C(C)C)c2C(C)C)c45)c76)C(=O)NC3=O)c1C(C)C. The van der Waals surface area contributed by atoms with Crippen LogP contribution in [-0.2, 0) is 0 Å². The van der Waals surface area contributed by atoms with Crippen molar-refractivity contribution in [3.63, 3.8) is 0 Å². The van der Waals surface area contributed by atoms with Gasteiger partial charge in [0.2, 0.25) is 11.8 Å². The van der Waals surface area contributed by atoms with Gasteiger partial charge in [-0.25, -0.2) is 0 Å². The normalized spacial score (nSPS) is 13.2. The summed E-state index contributed by atoms with van der Waals surface area (Å²) in [5.41, 5.74) is 20.0. The van der Waals surface area contributed by atoms with Crippen molar-refractivity contribution in [1.82, 2.24) is 5.32 Å². The van der Waals surface area contributed by atoms with Gasteiger partial charge in [-0.2, -0.15) is 0 Å². The molecule has 7 nitrogen and oxygen atoms in total. The summed E-state index contributed by atoms with van der Waals surface area (Å²) in [6, 6.07) is 24.6. The summed E-state index contributed by atoms with van der Waals surface area (Å²) in [6.45, 7) is 17.4. The van der Waals surface area contributed by atoms with Crippen molar-refractivity contribution in [2.45, 2.75) is 79.1 Å². The van der Waals surface area contributed by atoms with Gasteiger partial charge in [0.1, 0.15) is 0 Å². The first-order valence-corrected chi connectivity index (χ1v) is 19.1. The van der Waals surface area contributed by atoms with Crippen LogP contribution in [0.4, 0.5) is 0 Å². The number of hydrogen-bond donors (Lipinski definition) is 3. The zero-order valence-corrected chi connectivity index (χ0v) is 32.5. The molecule has 0 saturated carbocycles. The van der Waals surface area contributed by atoms with Crippen LogP contribution in [0, 0.1) is 0 Å². The van der Waals surface area contributed by atoms with E-state index in [0.29, 0.717) is 27.1 Å². The highest BCUT2D eigenvalue weighted by Crippen LogP contribution is 2.55. The van der Waals surface area contributed by atoms with E-state index in [0.717, 1.165) is 54.9 Å². The van der Waals surface area contributed by atoms with Crippen molar-refractivity contribution < 1.29 is 19.2 Å². The van der Waals surface area contributed by atoms with E-state index < -0.39 is 23.6 Å². The molecule has 0 saturated heterocycles. The van der Waals surface area contributed by atoms with Gasteiger partial charge in [0.15, 0.2) is 0 Å². The molecule has 55 heavy (non-hydrogen) atoms. The van der Waals surface area contributed by atoms with Crippen LogP contribution in [0.2, 0.25) is 0 Å². The average Bonchev–Trinajstić information content (AvgIpc) is 3.13. The molecule has 276 valence electrons. The van der Waals surface area contributed by atoms with Crippen molar-refractivity contribution in [2.24, 2.45) is 11.5 Å². The Bertz CT molecular complexity index is 2840. The van der Waals surface area contributed by atoms with Crippen LogP contribution in [0.5, 0.6) is 0 Å². The molecule has 0 unspecified atom stereocenters. The van der Waals surface area contributed by atoms with Gasteiger partial charge in [-0.15, -0.1) is 0 Å². The summed E-state index contributed by atoms with van der Waals surface area (Å²) in [4.78, 5) is 56.6. The number of carbonyl (C=O) groups is 4. The Morgan fingerprint density at radius 3 is 1.44 bits per heavy atom. The van der Waals surface area contributed by atoms with Gasteiger partial charge < -0.3 is 11.5 Å². The van der Waals surface area contributed by atoms with Gasteiger partial charge >= 0.3 is 0 Å². The summed E-state index contributed by atoms with van der Waals surface area (Å²) >= 11 is 0. The minimum Gasteiger partial charge on any atom is -0.366 e. The third kappa shape index (κ3) is 5.02. The second-order valence-electron chi connectivity index (χ2n) is 16.2. The lowest BCUT2D eigenvalue weighted by Gasteiger charge is -2.32. The fourth-order valence-electron chi connectivity index (χ4n) is 9.66. The van der Waals surface area contributed by atoms with E-state index in [1.165, 1.54) is 5.56 Å². The largest absolute Gasteiger partial charge is 0.366 e. The van der Waals surface area contributed by atoms with E-state index in [1.807, 2.05) is 36.4 Å². The topological polar surface area (TPSA) is 132 Å². The molecule has 7 aromatic carbocycles. The van der Waals surface area contributed by atoms with Crippen LogP contribution < -0.4 is 16.8 Å². The number of rotatable bonds is 8. The third-order valence-corrected chi connectivity index (χ3v) is 11.6. The summed E-state index contributed by atoms with van der Waals surface area (Å²) in [7, 11) is 0. The third-order valence-electron chi connectivity index (χ3n) is 11.6. The first-order chi connectivity index (χ1) is 26.2. The fraction of sp³-hybridized carbons (Fsp3) is 0.250. The van der Waals surface area contributed by atoms with Crippen LogP contribution >= 0.6 is 0 Å². The Labute approximate surface area is 320 Å². The summed E-state index contributed by atoms with van der Waals surface area (Å²) in [5.74, 6) is -2.75. The lowest BCUT2D eigenvalue weighted by Crippen LogP contribution is -2.38. The lowest BCUT2D eigenvalue weighted by atomic mass is 9.72. The molecule has 8 rings (SSSR count). The minimum absolute atomic E-state index is 0.0539. The van der Waals surface area contributed by atoms with Crippen molar-refractivity contribution in [3.05, 3.63) is 117 Å². The summed E-state index contributed by atoms with van der Waals surface area (Å²) in [5, 5.41) is 7.98. The first-order valence-electron chi connectivity index (χ1n) is 19.1. The predicted octanol–water partition coefficient (Wildman–Crippen LogP) is 10.6. The average molecular weight is 728 g/mol. The smallest absolute Gasteiger partial charge is 0.259 e. The Hall–Kier alpha value is -6.08. The highest BCUT2D eigenvalue weighted by Gasteiger charge is 2.40. The number of nitrogens with one attached hydrogen (secondary N) is 1. The molecule has 1 aliphatic heterocycles. The Balaban J connectivity index is 1.86. The van der Waals surface area contributed by atoms with Gasteiger partial charge in [-0.3, -0.25) is 24.5 Å². The molecule has 1 aliphatic rings. The zero-order valence-electron chi connectivity index (χ0n) is 32.5. The van der Waals surface area contributed by atoms with E-state index in [-0.39, 0.29) is 45.9 Å². The van der Waals surface area contributed by atoms with Crippen LogP contribution in [0.25, 0.3) is 65.3 Å². The van der Waals surface area contributed by atoms with E-state index in [2.05, 4.69) is 97.1 Å². The van der Waals surface area contributed by atoms with Crippen molar-refractivity contribution in [3.8, 4) is 22.3 Å². The van der Waals surface area contributed by atoms with Crippen LogP contribution in [0.1, 0.15) is 143 Å². The van der Waals surface area contributed by atoms with Crippen molar-refractivity contribution >= 4 is 66.7 Å². The molecule has 7 heteroatoms. The molecule has 0 spiro atoms. The summed E-state index contributed by atoms with van der Waals surface area (Å²) in [6.07, 6.45) is 0. The Kier molecular flexibility index (Phi) is 8.34. The molecular formula is C48H45N3O4. The number of hydrogen-bond acceptors (Lipinski definition) is 4. The van der Waals surface area contributed by atoms with Crippen molar-refractivity contribution in [2.75, 3.05) is 0 Å². The molecule has 0 aromatic heterocycles. The molecule has 0 atom stereocenters. The van der Waals surface area contributed by atoms with E-state index in [9.17, 15) is 19.2 Å². The maximum Gasteiger partial charge on any atom is 0.259 e. The van der Waals surface area contributed by atoms with E-state index in [4.69, 9.17) is 11.5 Å². The van der Waals surface area contributed by atoms with Crippen LogP contribution in [-0.4, -0.2) is 23.6 Å². The fourth-order valence-corrected chi connectivity index (χ4v) is 9.66. The summed E-state index contributed by atoms with van der Waals surface area (Å²) < 4.78 is 0. The molecule has 5 N–H and O–H groups in total. The number of carbonyl (C=O) groups excluding carboxylic acids is 4. The minimum atomic E-state index is -0.980. The molecule has 0 radical (unpaired) electrons. The number of amides is 4. The molecular weight excluding hydrogens is 683 g/mol. The van der Waals surface area contributed by atoms with Gasteiger partial charge in [0, 0.05) is 21.7 Å². The first kappa shape index (κ1) is 35.9. The van der Waals surface area contributed by atoms with Crippen LogP contribution in [0.15, 0.2) is 72.8 Å². The molecule has 1 heterocycles. The van der Waals surface area contributed by atoms with E-state index >= 15 is 0 Å². The Morgan fingerprint density at radius 1 is 0.473 bits per heavy atom. The predicted molar refractivity (Wildman–Crippen MR) is 224 cm³/mol. The second-order valence-corrected chi connectivity index (χ2v) is 16.2. The van der Waals surface area contributed by atoms with Crippen LogP contribution in [0.3, 0.4) is 0 Å². The second kappa shape index (κ2) is 12.8. The van der Waals surface area contributed by atoms with Gasteiger partial charge in [0.05, 0.1) is 22.3 Å². The van der Waals surface area contributed by atoms with E-state index in [1.54, 1.807) is 0 Å². The zero-order chi connectivity index (χ0) is 39.4. The van der Waals surface area contributed by atoms with Gasteiger partial charge in [-0.05, 0) is 89.5 Å².